The zero-order chi connectivity index (χ0) is 15.4. The van der Waals surface area contributed by atoms with Gasteiger partial charge in [-0.15, -0.1) is 0 Å². The molecule has 21 heavy (non-hydrogen) atoms. The second-order valence-corrected chi connectivity index (χ2v) is 4.76. The molecule has 0 aromatic carbocycles. The lowest BCUT2D eigenvalue weighted by Gasteiger charge is -2.32. The Kier molecular flexibility index (Phi) is 4.69. The fourth-order valence-corrected chi connectivity index (χ4v) is 2.38. The highest BCUT2D eigenvalue weighted by Crippen LogP contribution is 2.29. The molecule has 1 atom stereocenters. The number of esters is 1. The van der Waals surface area contributed by atoms with Crippen molar-refractivity contribution < 1.29 is 19.2 Å². The summed E-state index contributed by atoms with van der Waals surface area (Å²) < 4.78 is 9.86. The largest absolute Gasteiger partial charge is 0.465 e. The Balaban J connectivity index is 2.34. The van der Waals surface area contributed by atoms with E-state index < -0.39 is 10.9 Å². The van der Waals surface area contributed by atoms with Gasteiger partial charge >= 0.3 is 11.7 Å². The number of hydrogen-bond donors (Lipinski definition) is 0. The molecule has 0 saturated carbocycles. The van der Waals surface area contributed by atoms with E-state index in [0.29, 0.717) is 13.1 Å². The lowest BCUT2D eigenvalue weighted by molar-refractivity contribution is -0.384. The zero-order valence-corrected chi connectivity index (χ0v) is 11.9. The predicted molar refractivity (Wildman–Crippen MR) is 74.5 cm³/mol. The van der Waals surface area contributed by atoms with E-state index >= 15 is 0 Å². The lowest BCUT2D eigenvalue weighted by atomic mass is 10.1. The molecule has 1 aromatic rings. The molecular formula is C13H17N3O5. The van der Waals surface area contributed by atoms with Crippen LogP contribution in [0.1, 0.15) is 23.2 Å². The van der Waals surface area contributed by atoms with Crippen LogP contribution < -0.4 is 4.90 Å². The molecule has 1 aromatic heterocycles. The molecule has 1 unspecified atom stereocenters. The van der Waals surface area contributed by atoms with Crippen LogP contribution in [0, 0.1) is 10.1 Å². The summed E-state index contributed by atoms with van der Waals surface area (Å²) in [7, 11) is 2.84. The molecule has 0 aliphatic carbocycles. The van der Waals surface area contributed by atoms with Gasteiger partial charge in [0.2, 0.25) is 5.82 Å². The number of methoxy groups -OCH3 is 2. The summed E-state index contributed by atoms with van der Waals surface area (Å²) in [4.78, 5) is 28.1. The minimum atomic E-state index is -0.648. The van der Waals surface area contributed by atoms with Crippen molar-refractivity contribution in [2.45, 2.75) is 18.9 Å². The third-order valence-corrected chi connectivity index (χ3v) is 3.48. The third-order valence-electron chi connectivity index (χ3n) is 3.48. The Bertz CT molecular complexity index is 549. The van der Waals surface area contributed by atoms with Gasteiger partial charge in [-0.25, -0.2) is 9.78 Å². The number of pyridine rings is 1. The topological polar surface area (TPSA) is 94.8 Å². The highest BCUT2D eigenvalue weighted by molar-refractivity contribution is 5.90. The molecule has 0 bridgehead atoms. The molecule has 0 amide bonds. The fourth-order valence-electron chi connectivity index (χ4n) is 2.38. The summed E-state index contributed by atoms with van der Waals surface area (Å²) in [6.07, 6.45) is 3.11. The number of carbonyl (C=O) groups is 1. The Morgan fingerprint density at radius 2 is 2.29 bits per heavy atom. The number of aromatic nitrogens is 1. The summed E-state index contributed by atoms with van der Waals surface area (Å²) in [5, 5.41) is 11.2. The van der Waals surface area contributed by atoms with Crippen LogP contribution in [0.2, 0.25) is 0 Å². The smallest absolute Gasteiger partial charge is 0.339 e. The van der Waals surface area contributed by atoms with E-state index in [1.165, 1.54) is 19.4 Å². The fraction of sp³-hybridized carbons (Fsp3) is 0.538. The molecule has 114 valence electrons. The van der Waals surface area contributed by atoms with Crippen molar-refractivity contribution in [3.63, 3.8) is 0 Å². The Hall–Kier alpha value is -2.22. The van der Waals surface area contributed by atoms with E-state index in [-0.39, 0.29) is 23.2 Å². The average Bonchev–Trinajstić information content (AvgIpc) is 2.53. The summed E-state index contributed by atoms with van der Waals surface area (Å²) in [6, 6.07) is 1.20. The first-order chi connectivity index (χ1) is 10.1. The third kappa shape index (κ3) is 3.27. The van der Waals surface area contributed by atoms with Crippen LogP contribution in [0.15, 0.2) is 12.3 Å². The van der Waals surface area contributed by atoms with E-state index in [9.17, 15) is 14.9 Å². The molecule has 0 N–H and O–H groups in total. The predicted octanol–water partition coefficient (Wildman–Crippen LogP) is 1.39. The van der Waals surface area contributed by atoms with E-state index in [4.69, 9.17) is 4.74 Å². The molecular weight excluding hydrogens is 278 g/mol. The van der Waals surface area contributed by atoms with Crippen LogP contribution in [0.3, 0.4) is 0 Å². The number of nitro groups is 1. The number of nitrogens with zero attached hydrogens (tertiary/aromatic N) is 3. The molecule has 2 rings (SSSR count). The standard InChI is InChI=1S/C13H17N3O5/c1-20-10-4-3-5-15(8-10)12-11(16(18)19)6-9(7-14-12)13(17)21-2/h6-7,10H,3-5,8H2,1-2H3. The maximum atomic E-state index is 11.5. The summed E-state index contributed by atoms with van der Waals surface area (Å²) in [6.45, 7) is 1.22. The van der Waals surface area contributed by atoms with E-state index in [0.717, 1.165) is 12.8 Å². The molecule has 2 heterocycles. The summed E-state index contributed by atoms with van der Waals surface area (Å²) in [5.41, 5.74) is -0.136. The van der Waals surface area contributed by atoms with Gasteiger partial charge in [0.05, 0.1) is 23.7 Å². The average molecular weight is 295 g/mol. The zero-order valence-electron chi connectivity index (χ0n) is 11.9. The van der Waals surface area contributed by atoms with Crippen LogP contribution in [-0.4, -0.2) is 49.3 Å². The van der Waals surface area contributed by atoms with Crippen molar-refractivity contribution in [3.05, 3.63) is 27.9 Å². The summed E-state index contributed by atoms with van der Waals surface area (Å²) in [5.74, 6) is -0.389. The van der Waals surface area contributed by atoms with E-state index in [1.807, 2.05) is 4.90 Å². The lowest BCUT2D eigenvalue weighted by Crippen LogP contribution is -2.40. The summed E-state index contributed by atoms with van der Waals surface area (Å²) >= 11 is 0. The van der Waals surface area contributed by atoms with Gasteiger partial charge in [-0.1, -0.05) is 0 Å². The SMILES string of the molecule is COC(=O)c1cnc(N2CCCC(OC)C2)c([N+](=O)[O-])c1. The van der Waals surface area contributed by atoms with Crippen LogP contribution in [0.5, 0.6) is 0 Å². The second kappa shape index (κ2) is 6.49. The van der Waals surface area contributed by atoms with Gasteiger partial charge in [-0.3, -0.25) is 10.1 Å². The number of piperidine rings is 1. The molecule has 8 heteroatoms. The van der Waals surface area contributed by atoms with Gasteiger partial charge in [0.15, 0.2) is 0 Å². The van der Waals surface area contributed by atoms with Gasteiger partial charge in [0, 0.05) is 32.5 Å². The second-order valence-electron chi connectivity index (χ2n) is 4.76. The Morgan fingerprint density at radius 1 is 1.52 bits per heavy atom. The Labute approximate surface area is 121 Å². The quantitative estimate of drug-likeness (QED) is 0.470. The van der Waals surface area contributed by atoms with Gasteiger partial charge in [0.25, 0.3) is 0 Å². The van der Waals surface area contributed by atoms with Crippen LogP contribution in [0.25, 0.3) is 0 Å². The van der Waals surface area contributed by atoms with Crippen molar-refractivity contribution in [1.29, 1.82) is 0 Å². The highest BCUT2D eigenvalue weighted by Gasteiger charge is 2.28. The molecule has 0 spiro atoms. The van der Waals surface area contributed by atoms with Gasteiger partial charge in [0.1, 0.15) is 0 Å². The Morgan fingerprint density at radius 3 is 2.90 bits per heavy atom. The van der Waals surface area contributed by atoms with Crippen LogP contribution >= 0.6 is 0 Å². The highest BCUT2D eigenvalue weighted by atomic mass is 16.6. The van der Waals surface area contributed by atoms with Crippen molar-refractivity contribution in [3.8, 4) is 0 Å². The number of carbonyl (C=O) groups excluding carboxylic acids is 1. The first kappa shape index (κ1) is 15.2. The van der Waals surface area contributed by atoms with Crippen molar-refractivity contribution in [2.24, 2.45) is 0 Å². The van der Waals surface area contributed by atoms with E-state index in [2.05, 4.69) is 9.72 Å². The van der Waals surface area contributed by atoms with Crippen molar-refractivity contribution in [1.82, 2.24) is 4.98 Å². The first-order valence-electron chi connectivity index (χ1n) is 6.57. The molecule has 8 nitrogen and oxygen atoms in total. The minimum Gasteiger partial charge on any atom is -0.465 e. The maximum Gasteiger partial charge on any atom is 0.339 e. The number of ether oxygens (including phenoxy) is 2. The molecule has 1 fully saturated rings. The molecule has 1 saturated heterocycles. The maximum absolute atomic E-state index is 11.5. The number of rotatable bonds is 4. The van der Waals surface area contributed by atoms with Gasteiger partial charge < -0.3 is 14.4 Å². The van der Waals surface area contributed by atoms with Gasteiger partial charge in [-0.2, -0.15) is 0 Å². The van der Waals surface area contributed by atoms with Gasteiger partial charge in [-0.05, 0) is 12.8 Å². The normalized spacial score (nSPS) is 18.4. The molecule has 0 radical (unpaired) electrons. The monoisotopic (exact) mass is 295 g/mol. The number of anilines is 1. The van der Waals surface area contributed by atoms with Crippen molar-refractivity contribution in [2.75, 3.05) is 32.2 Å². The van der Waals surface area contributed by atoms with Crippen LogP contribution in [-0.2, 0) is 9.47 Å². The van der Waals surface area contributed by atoms with E-state index in [1.54, 1.807) is 7.11 Å². The number of hydrogen-bond acceptors (Lipinski definition) is 7. The molecule has 1 aliphatic rings. The molecule has 1 aliphatic heterocycles. The van der Waals surface area contributed by atoms with Crippen molar-refractivity contribution >= 4 is 17.5 Å². The van der Waals surface area contributed by atoms with Crippen LogP contribution in [0.4, 0.5) is 11.5 Å². The first-order valence-corrected chi connectivity index (χ1v) is 6.57. The minimum absolute atomic E-state index is 0.0282.